The lowest BCUT2D eigenvalue weighted by atomic mass is 10.0. The van der Waals surface area contributed by atoms with Crippen LogP contribution >= 0.6 is 24.0 Å². The minimum absolute atomic E-state index is 0.0992. The molecule has 172 valence electrons. The molecule has 3 heterocycles. The van der Waals surface area contributed by atoms with Crippen LogP contribution in [0.3, 0.4) is 0 Å². The summed E-state index contributed by atoms with van der Waals surface area (Å²) in [6, 6.07) is 2.04. The van der Waals surface area contributed by atoms with Crippen LogP contribution in [-0.2, 0) is 16.6 Å². The second-order valence-electron chi connectivity index (χ2n) is 8.06. The van der Waals surface area contributed by atoms with Gasteiger partial charge in [-0.05, 0) is 25.0 Å². The van der Waals surface area contributed by atoms with Crippen molar-refractivity contribution in [1.29, 1.82) is 5.26 Å². The van der Waals surface area contributed by atoms with Gasteiger partial charge in [-0.15, -0.1) is 0 Å². The average Bonchev–Trinajstić information content (AvgIpc) is 3.05. The van der Waals surface area contributed by atoms with Gasteiger partial charge in [0.2, 0.25) is 0 Å². The summed E-state index contributed by atoms with van der Waals surface area (Å²) in [4.78, 5) is 30.2. The molecule has 0 bridgehead atoms. The molecular formula is C23H30N4O3S2. The molecule has 0 saturated carbocycles. The van der Waals surface area contributed by atoms with E-state index >= 15 is 0 Å². The van der Waals surface area contributed by atoms with E-state index in [9.17, 15) is 14.9 Å². The van der Waals surface area contributed by atoms with Crippen molar-refractivity contribution in [3.63, 3.8) is 0 Å². The number of nitrogens with zero attached hydrogens (tertiary/aromatic N) is 4. The highest BCUT2D eigenvalue weighted by Crippen LogP contribution is 2.36. The van der Waals surface area contributed by atoms with E-state index in [4.69, 9.17) is 17.0 Å². The number of nitriles is 1. The van der Waals surface area contributed by atoms with Crippen LogP contribution in [0.2, 0.25) is 0 Å². The van der Waals surface area contributed by atoms with Gasteiger partial charge in [-0.25, -0.2) is 0 Å². The predicted octanol–water partition coefficient (Wildman–Crippen LogP) is 3.57. The number of anilines is 1. The maximum atomic E-state index is 13.1. The van der Waals surface area contributed by atoms with Gasteiger partial charge in [0.15, 0.2) is 0 Å². The number of pyridine rings is 1. The van der Waals surface area contributed by atoms with E-state index in [2.05, 4.69) is 11.8 Å². The van der Waals surface area contributed by atoms with Crippen molar-refractivity contribution in [3.05, 3.63) is 31.9 Å². The first-order valence-electron chi connectivity index (χ1n) is 11.1. The summed E-state index contributed by atoms with van der Waals surface area (Å²) in [6.07, 6.45) is 7.36. The van der Waals surface area contributed by atoms with E-state index in [1.807, 2.05) is 6.07 Å². The van der Waals surface area contributed by atoms with Crippen LogP contribution in [0.15, 0.2) is 9.70 Å². The van der Waals surface area contributed by atoms with Crippen LogP contribution in [0.5, 0.6) is 0 Å². The summed E-state index contributed by atoms with van der Waals surface area (Å²) in [5.41, 5.74) is 1.07. The molecule has 0 unspecified atom stereocenters. The Balaban J connectivity index is 1.95. The first-order chi connectivity index (χ1) is 15.4. The molecule has 1 amide bonds. The normalized spacial score (nSPS) is 18.0. The van der Waals surface area contributed by atoms with E-state index < -0.39 is 0 Å². The number of thioether (sulfide) groups is 1. The van der Waals surface area contributed by atoms with Crippen molar-refractivity contribution in [2.24, 2.45) is 7.05 Å². The Labute approximate surface area is 199 Å². The number of amides is 1. The Morgan fingerprint density at radius 2 is 1.88 bits per heavy atom. The zero-order valence-corrected chi connectivity index (χ0v) is 20.6. The van der Waals surface area contributed by atoms with Crippen molar-refractivity contribution in [3.8, 4) is 6.07 Å². The van der Waals surface area contributed by atoms with Crippen LogP contribution in [0.1, 0.15) is 55.7 Å². The molecule has 7 nitrogen and oxygen atoms in total. The molecule has 3 rings (SSSR count). The molecule has 1 aromatic heterocycles. The Morgan fingerprint density at radius 1 is 1.19 bits per heavy atom. The summed E-state index contributed by atoms with van der Waals surface area (Å²) >= 11 is 6.78. The zero-order chi connectivity index (χ0) is 23.3. The van der Waals surface area contributed by atoms with Crippen LogP contribution in [0, 0.1) is 18.3 Å². The molecular weight excluding hydrogens is 444 g/mol. The largest absolute Gasteiger partial charge is 0.378 e. The van der Waals surface area contributed by atoms with Gasteiger partial charge in [0.25, 0.3) is 11.5 Å². The molecule has 0 atom stereocenters. The molecule has 2 saturated heterocycles. The van der Waals surface area contributed by atoms with Crippen LogP contribution in [0.25, 0.3) is 6.08 Å². The number of hydrogen-bond acceptors (Lipinski definition) is 7. The van der Waals surface area contributed by atoms with Crippen LogP contribution < -0.4 is 10.5 Å². The summed E-state index contributed by atoms with van der Waals surface area (Å²) in [6.45, 7) is 6.97. The molecule has 0 N–H and O–H groups in total. The number of hydrogen-bond donors (Lipinski definition) is 0. The number of ether oxygens (including phenoxy) is 1. The van der Waals surface area contributed by atoms with Gasteiger partial charge >= 0.3 is 0 Å². The Bertz CT molecular complexity index is 1020. The fourth-order valence-electron chi connectivity index (χ4n) is 4.07. The fraction of sp³-hybridized carbons (Fsp3) is 0.565. The Hall–Kier alpha value is -2.15. The summed E-state index contributed by atoms with van der Waals surface area (Å²) in [7, 11) is 1.67. The third-order valence-corrected chi connectivity index (χ3v) is 7.29. The quantitative estimate of drug-likeness (QED) is 0.324. The number of aromatic nitrogens is 1. The van der Waals surface area contributed by atoms with E-state index in [1.54, 1.807) is 24.9 Å². The van der Waals surface area contributed by atoms with Gasteiger partial charge in [0.05, 0.1) is 18.1 Å². The summed E-state index contributed by atoms with van der Waals surface area (Å²) in [5, 5.41) is 9.59. The van der Waals surface area contributed by atoms with Crippen molar-refractivity contribution in [2.45, 2.75) is 46.0 Å². The maximum absolute atomic E-state index is 13.1. The lowest BCUT2D eigenvalue weighted by Gasteiger charge is -2.32. The predicted molar refractivity (Wildman–Crippen MR) is 133 cm³/mol. The summed E-state index contributed by atoms with van der Waals surface area (Å²) in [5.74, 6) is 0.606. The van der Waals surface area contributed by atoms with E-state index in [-0.39, 0.29) is 17.0 Å². The second-order valence-corrected chi connectivity index (χ2v) is 9.74. The van der Waals surface area contributed by atoms with Gasteiger partial charge in [-0.3, -0.25) is 19.1 Å². The van der Waals surface area contributed by atoms with Crippen LogP contribution in [0.4, 0.5) is 5.82 Å². The average molecular weight is 475 g/mol. The zero-order valence-electron chi connectivity index (χ0n) is 19.0. The monoisotopic (exact) mass is 474 g/mol. The fourth-order valence-corrected chi connectivity index (χ4v) is 5.36. The Morgan fingerprint density at radius 3 is 2.53 bits per heavy atom. The molecule has 2 aliphatic heterocycles. The van der Waals surface area contributed by atoms with E-state index in [1.165, 1.54) is 29.2 Å². The molecule has 2 fully saturated rings. The smallest absolute Gasteiger partial charge is 0.270 e. The number of carbonyl (C=O) groups is 1. The maximum Gasteiger partial charge on any atom is 0.270 e. The van der Waals surface area contributed by atoms with Gasteiger partial charge in [-0.2, -0.15) is 5.26 Å². The number of morpholine rings is 1. The molecule has 1 aromatic rings. The Kier molecular flexibility index (Phi) is 8.51. The van der Waals surface area contributed by atoms with Crippen molar-refractivity contribution in [2.75, 3.05) is 37.7 Å². The minimum Gasteiger partial charge on any atom is -0.378 e. The van der Waals surface area contributed by atoms with Gasteiger partial charge < -0.3 is 9.64 Å². The highest BCUT2D eigenvalue weighted by Gasteiger charge is 2.33. The van der Waals surface area contributed by atoms with E-state index in [0.717, 1.165) is 19.3 Å². The standard InChI is InChI=1S/C23H30N4O3S2/c1-4-5-6-7-8-9-27-22(29)19(32-23(27)31)14-17-16(2)18(15-24)21(28)25(3)20(17)26-10-12-30-13-11-26/h14H,4-13H2,1-3H3. The van der Waals surface area contributed by atoms with Crippen LogP contribution in [-0.4, -0.2) is 52.5 Å². The second kappa shape index (κ2) is 11.1. The van der Waals surface area contributed by atoms with Crippen molar-refractivity contribution in [1.82, 2.24) is 9.47 Å². The number of rotatable bonds is 8. The number of unbranched alkanes of at least 4 members (excludes halogenated alkanes) is 4. The minimum atomic E-state index is -0.330. The molecule has 0 spiro atoms. The van der Waals surface area contributed by atoms with Crippen molar-refractivity contribution >= 4 is 46.1 Å². The molecule has 9 heteroatoms. The molecule has 2 aliphatic rings. The molecule has 0 radical (unpaired) electrons. The third kappa shape index (κ3) is 5.08. The molecule has 0 aliphatic carbocycles. The lowest BCUT2D eigenvalue weighted by molar-refractivity contribution is -0.122. The molecule has 0 aromatic carbocycles. The summed E-state index contributed by atoms with van der Waals surface area (Å²) < 4.78 is 7.54. The number of thiocarbonyl (C=S) groups is 1. The van der Waals surface area contributed by atoms with Gasteiger partial charge in [0.1, 0.15) is 21.8 Å². The first-order valence-corrected chi connectivity index (χ1v) is 12.3. The van der Waals surface area contributed by atoms with Crippen molar-refractivity contribution < 1.29 is 9.53 Å². The van der Waals surface area contributed by atoms with Gasteiger partial charge in [0, 0.05) is 32.2 Å². The highest BCUT2D eigenvalue weighted by atomic mass is 32.2. The SMILES string of the molecule is CCCCCCCN1C(=O)C(=Cc2c(C)c(C#N)c(=O)n(C)c2N2CCOCC2)SC1=S. The third-order valence-electron chi connectivity index (χ3n) is 5.91. The highest BCUT2D eigenvalue weighted by molar-refractivity contribution is 8.26. The number of carbonyl (C=O) groups excluding carboxylic acids is 1. The topological polar surface area (TPSA) is 78.6 Å². The van der Waals surface area contributed by atoms with Gasteiger partial charge in [-0.1, -0.05) is 56.6 Å². The molecule has 32 heavy (non-hydrogen) atoms. The van der Waals surface area contributed by atoms with E-state index in [0.29, 0.717) is 59.0 Å². The first kappa shape index (κ1) is 24.5. The lowest BCUT2D eigenvalue weighted by Crippen LogP contribution is -2.40.